The normalized spacial score (nSPS) is 16.0. The monoisotopic (exact) mass is 1310 g/mol. The number of fused-ring (bicyclic) bond motifs is 2. The number of unbranched alkanes of at least 4 members (excludes halogenated alkanes) is 25. The molecule has 0 radical (unpaired) electrons. The summed E-state index contributed by atoms with van der Waals surface area (Å²) in [6, 6.07) is 17.8. The molecule has 3 atom stereocenters. The number of benzene rings is 2. The number of hydrogen-bond acceptors (Lipinski definition) is 11. The van der Waals surface area contributed by atoms with Gasteiger partial charge in [0.25, 0.3) is 0 Å². The molecule has 0 bridgehead atoms. The Morgan fingerprint density at radius 3 is 1.70 bits per heavy atom. The minimum absolute atomic E-state index is 0.0595. The number of esters is 2. The number of likely N-dealkylation sites (N-methyl/N-ethyl adjacent to an activating group) is 1. The lowest BCUT2D eigenvalue weighted by atomic mass is 9.79. The number of allylic oxidation sites excluding steroid dienone is 7. The Bertz CT molecular complexity index is 2650. The lowest BCUT2D eigenvalue weighted by Crippen LogP contribution is -2.38. The number of ether oxygens (including phenoxy) is 3. The average Bonchev–Trinajstić information content (AvgIpc) is 1.61. The van der Waals surface area contributed by atoms with Gasteiger partial charge in [0, 0.05) is 74.1 Å². The molecule has 2 amide bonds. The van der Waals surface area contributed by atoms with Crippen molar-refractivity contribution in [2.24, 2.45) is 0 Å². The molecule has 0 saturated heterocycles. The number of alkyl carbamates (subject to hydrolysis) is 1. The van der Waals surface area contributed by atoms with Gasteiger partial charge in [0.05, 0.1) is 25.2 Å². The molecule has 0 fully saturated rings. The first kappa shape index (κ1) is 80.1. The van der Waals surface area contributed by atoms with Gasteiger partial charge >= 0.3 is 25.9 Å². The van der Waals surface area contributed by atoms with Crippen LogP contribution >= 0.6 is 7.82 Å². The molecular weight excluding hydrogens is 1190 g/mol. The highest BCUT2D eigenvalue weighted by molar-refractivity contribution is 7.47. The first-order valence-corrected chi connectivity index (χ1v) is 37.9. The Labute approximate surface area is 562 Å². The van der Waals surface area contributed by atoms with Gasteiger partial charge in [0.1, 0.15) is 19.8 Å². The third kappa shape index (κ3) is 32.8. The fourth-order valence-electron chi connectivity index (χ4n) is 12.6. The fourth-order valence-corrected chi connectivity index (χ4v) is 13.4. The Hall–Kier alpha value is -5.34. The number of nitrogens with one attached hydrogen (secondary N) is 2. The Balaban J connectivity index is 1.09. The lowest BCUT2D eigenvalue weighted by Gasteiger charge is -2.31. The predicted octanol–water partition coefficient (Wildman–Crippen LogP) is 18.8. The molecule has 15 nitrogen and oxygen atoms in total. The van der Waals surface area contributed by atoms with Crippen molar-refractivity contribution in [2.45, 2.75) is 283 Å². The van der Waals surface area contributed by atoms with Gasteiger partial charge in [-0.2, -0.15) is 4.58 Å². The van der Waals surface area contributed by atoms with Crippen molar-refractivity contribution in [1.82, 2.24) is 10.6 Å². The number of para-hydroxylation sites is 2. The summed E-state index contributed by atoms with van der Waals surface area (Å²) in [5, 5.41) is 5.26. The molecule has 2 unspecified atom stereocenters. The van der Waals surface area contributed by atoms with E-state index in [0.29, 0.717) is 25.3 Å². The molecule has 0 aliphatic carbocycles. The van der Waals surface area contributed by atoms with E-state index in [4.69, 9.17) is 23.3 Å². The van der Waals surface area contributed by atoms with Gasteiger partial charge in [-0.25, -0.2) is 9.36 Å². The van der Waals surface area contributed by atoms with Crippen molar-refractivity contribution < 1.29 is 56.5 Å². The zero-order chi connectivity index (χ0) is 67.3. The van der Waals surface area contributed by atoms with Crippen LogP contribution in [0.3, 0.4) is 0 Å². The average molecular weight is 1310 g/mol. The van der Waals surface area contributed by atoms with Crippen LogP contribution in [0, 0.1) is 0 Å². The van der Waals surface area contributed by atoms with Crippen molar-refractivity contribution in [3.8, 4) is 0 Å². The fraction of sp³-hybridized carbons (Fsp3) is 0.675. The summed E-state index contributed by atoms with van der Waals surface area (Å²) >= 11 is 0. The smallest absolute Gasteiger partial charge is 0.462 e. The molecule has 3 N–H and O–H groups in total. The summed E-state index contributed by atoms with van der Waals surface area (Å²) in [6.45, 7) is 13.3. The van der Waals surface area contributed by atoms with Crippen molar-refractivity contribution in [3.05, 3.63) is 108 Å². The van der Waals surface area contributed by atoms with Gasteiger partial charge in [-0.1, -0.05) is 216 Å². The van der Waals surface area contributed by atoms with Crippen molar-refractivity contribution in [3.63, 3.8) is 0 Å². The van der Waals surface area contributed by atoms with Crippen molar-refractivity contribution in [2.75, 3.05) is 58.0 Å². The molecule has 2 heterocycles. The van der Waals surface area contributed by atoms with Crippen LogP contribution in [-0.2, 0) is 53.0 Å². The topological polar surface area (TPSA) is 182 Å². The highest BCUT2D eigenvalue weighted by Crippen LogP contribution is 2.46. The Kier molecular flexibility index (Phi) is 40.9. The molecule has 2 aliphatic heterocycles. The maximum Gasteiger partial charge on any atom is 0.472 e. The van der Waals surface area contributed by atoms with E-state index in [0.717, 1.165) is 116 Å². The molecule has 0 saturated carbocycles. The van der Waals surface area contributed by atoms with E-state index in [1.165, 1.54) is 105 Å². The van der Waals surface area contributed by atoms with E-state index >= 15 is 0 Å². The molecule has 93 heavy (non-hydrogen) atoms. The van der Waals surface area contributed by atoms with E-state index in [-0.39, 0.29) is 55.9 Å². The largest absolute Gasteiger partial charge is 0.472 e. The summed E-state index contributed by atoms with van der Waals surface area (Å²) in [4.78, 5) is 63.7. The third-order valence-corrected chi connectivity index (χ3v) is 19.2. The Morgan fingerprint density at radius 2 is 1.10 bits per heavy atom. The van der Waals surface area contributed by atoms with Gasteiger partial charge in [0.15, 0.2) is 11.8 Å². The highest BCUT2D eigenvalue weighted by Gasteiger charge is 2.44. The number of phosphoric acid groups is 1. The molecule has 2 aromatic carbocycles. The maximum atomic E-state index is 13.0. The van der Waals surface area contributed by atoms with Crippen molar-refractivity contribution in [1.29, 1.82) is 0 Å². The van der Waals surface area contributed by atoms with Crippen molar-refractivity contribution >= 4 is 48.8 Å². The number of carbonyl (C=O) groups excluding carboxylic acids is 4. The molecule has 0 spiro atoms. The maximum absolute atomic E-state index is 13.0. The van der Waals surface area contributed by atoms with Crippen LogP contribution in [0.4, 0.5) is 16.2 Å². The number of rotatable bonds is 54. The number of nitrogens with zero attached hydrogens (tertiary/aromatic N) is 2. The molecular formula is C77H124N4O11P+. The summed E-state index contributed by atoms with van der Waals surface area (Å²) in [7, 11) is -2.48. The molecule has 522 valence electrons. The molecule has 4 rings (SSSR count). The van der Waals surface area contributed by atoms with Crippen LogP contribution in [0.15, 0.2) is 97.1 Å². The van der Waals surface area contributed by atoms with Gasteiger partial charge in [-0.05, 0) is 109 Å². The first-order valence-electron chi connectivity index (χ1n) is 36.4. The van der Waals surface area contributed by atoms with Crippen LogP contribution in [0.5, 0.6) is 0 Å². The lowest BCUT2D eigenvalue weighted by molar-refractivity contribution is -0.438. The van der Waals surface area contributed by atoms with E-state index in [1.54, 1.807) is 0 Å². The second-order valence-electron chi connectivity index (χ2n) is 26.7. The molecule has 16 heteroatoms. The summed E-state index contributed by atoms with van der Waals surface area (Å²) in [6.07, 6.45) is 51.1. The van der Waals surface area contributed by atoms with E-state index in [9.17, 15) is 28.6 Å². The van der Waals surface area contributed by atoms with Crippen LogP contribution < -0.4 is 15.5 Å². The number of amides is 2. The number of hydrogen-bond donors (Lipinski definition) is 3. The Morgan fingerprint density at radius 1 is 0.581 bits per heavy atom. The molecule has 2 aliphatic rings. The van der Waals surface area contributed by atoms with Crippen LogP contribution in [-0.4, -0.2) is 104 Å². The summed E-state index contributed by atoms with van der Waals surface area (Å²) < 4.78 is 41.9. The zero-order valence-corrected chi connectivity index (χ0v) is 59.6. The predicted molar refractivity (Wildman–Crippen MR) is 381 cm³/mol. The summed E-state index contributed by atoms with van der Waals surface area (Å²) in [5.74, 6) is -1.08. The highest BCUT2D eigenvalue weighted by atomic mass is 31.2. The third-order valence-electron chi connectivity index (χ3n) is 18.2. The van der Waals surface area contributed by atoms with Gasteiger partial charge in [-0.15, -0.1) is 0 Å². The van der Waals surface area contributed by atoms with Crippen LogP contribution in [0.25, 0.3) is 0 Å². The second kappa shape index (κ2) is 47.5. The quantitative estimate of drug-likeness (QED) is 0.0109. The van der Waals surface area contributed by atoms with Gasteiger partial charge in [-0.3, -0.25) is 23.4 Å². The minimum Gasteiger partial charge on any atom is -0.462 e. The minimum atomic E-state index is -4.68. The number of anilines is 1. The first-order chi connectivity index (χ1) is 45.0. The summed E-state index contributed by atoms with van der Waals surface area (Å²) in [5.41, 5.74) is 6.49. The SMILES string of the molecule is CCCCCCCC/C=C\CCCCCCCC(=O)OC[C@H](COP(=O)(O)OCCNC(=O)OCCNC(=O)CCCCCC[N+]1=C(/C=C/C=C/CC2N(C)c3ccccc3C2(C)C)C(C)(C)c2ccccc21)OC(=O)CCCCCCC/C=C\CCCCCCCC. The standard InChI is InChI=1S/C77H123N4O11P/c1-8-10-12-14-16-18-20-22-24-26-28-30-32-34-42-56-73(83)89-63-65(92-74(84)57-43-35-33-31-29-27-25-23-21-19-17-15-13-11-9-2)64-91-93(86,87)90-62-59-79-75(85)88-61-58-78-72(82)55-41-36-37-48-60-81-69-52-47-45-50-67(69)77(5,6)71(81)54-40-38-39-53-70-76(3,4)66-49-44-46-51-68(66)80(70)7/h22-25,38-40,44-47,49-52,54,65,70H,8-21,26-37,41-43,48,53,55-64H2,1-7H3,(H2-,78,79,82,85,86,87)/p+1/b24-22-,25-23-,39-38+,54-40+/t65-,70?/m1/s1. The number of phosphoric ester groups is 1. The zero-order valence-electron chi connectivity index (χ0n) is 58.8. The van der Waals surface area contributed by atoms with Crippen LogP contribution in [0.2, 0.25) is 0 Å². The van der Waals surface area contributed by atoms with Gasteiger partial charge < -0.3 is 34.6 Å². The van der Waals surface area contributed by atoms with Gasteiger partial charge in [0.2, 0.25) is 11.6 Å². The van der Waals surface area contributed by atoms with E-state index in [1.807, 2.05) is 0 Å². The van der Waals surface area contributed by atoms with E-state index in [2.05, 4.69) is 166 Å². The molecule has 0 aromatic heterocycles. The molecule has 2 aromatic rings. The number of carbonyl (C=O) groups is 4. The second-order valence-corrected chi connectivity index (χ2v) is 28.2. The van der Waals surface area contributed by atoms with Crippen LogP contribution in [0.1, 0.15) is 271 Å². The van der Waals surface area contributed by atoms with E-state index < -0.39 is 45.2 Å².